The first kappa shape index (κ1) is 8.52. The second-order valence-corrected chi connectivity index (χ2v) is 4.15. The summed E-state index contributed by atoms with van der Waals surface area (Å²) in [6, 6.07) is 15.0. The van der Waals surface area contributed by atoms with E-state index in [1.54, 1.807) is 0 Å². The molecule has 0 bridgehead atoms. The van der Waals surface area contributed by atoms with Crippen LogP contribution in [0.2, 0.25) is 0 Å². The van der Waals surface area contributed by atoms with Crippen molar-refractivity contribution in [1.29, 1.82) is 0 Å². The molecule has 1 heterocycles. The Morgan fingerprint density at radius 3 is 2.38 bits per heavy atom. The van der Waals surface area contributed by atoms with Gasteiger partial charge in [-0.25, -0.2) is 0 Å². The van der Waals surface area contributed by atoms with Gasteiger partial charge in [-0.3, -0.25) is 0 Å². The van der Waals surface area contributed by atoms with Crippen molar-refractivity contribution in [1.82, 2.24) is 0 Å². The molecule has 0 spiro atoms. The van der Waals surface area contributed by atoms with Gasteiger partial charge in [-0.15, -0.1) is 11.3 Å². The van der Waals surface area contributed by atoms with Crippen LogP contribution in [0.1, 0.15) is 11.8 Å². The maximum atomic E-state index is 2.22. The Balaban J connectivity index is 2.36. The van der Waals surface area contributed by atoms with E-state index >= 15 is 0 Å². The predicted molar refractivity (Wildman–Crippen MR) is 59.1 cm³/mol. The zero-order chi connectivity index (χ0) is 9.10. The highest BCUT2D eigenvalue weighted by molar-refractivity contribution is 7.15. The Hall–Kier alpha value is -1.08. The van der Waals surface area contributed by atoms with Crippen LogP contribution in [0.5, 0.6) is 0 Å². The van der Waals surface area contributed by atoms with Gasteiger partial charge in [-0.05, 0) is 24.1 Å². The van der Waals surface area contributed by atoms with Crippen molar-refractivity contribution in [3.63, 3.8) is 0 Å². The minimum absolute atomic E-state index is 1.14. The van der Waals surface area contributed by atoms with Gasteiger partial charge in [-0.1, -0.05) is 37.3 Å². The Morgan fingerprint density at radius 1 is 1.00 bits per heavy atom. The molecular formula is C12H12S. The zero-order valence-corrected chi connectivity index (χ0v) is 8.47. The third kappa shape index (κ3) is 1.81. The van der Waals surface area contributed by atoms with Gasteiger partial charge in [0.2, 0.25) is 0 Å². The van der Waals surface area contributed by atoms with Gasteiger partial charge in [0.15, 0.2) is 0 Å². The van der Waals surface area contributed by atoms with Crippen LogP contribution in [-0.4, -0.2) is 0 Å². The summed E-state index contributed by atoms with van der Waals surface area (Å²) in [5.74, 6) is 0. The summed E-state index contributed by atoms with van der Waals surface area (Å²) in [7, 11) is 0. The summed E-state index contributed by atoms with van der Waals surface area (Å²) >= 11 is 1.89. The first-order valence-corrected chi connectivity index (χ1v) is 5.36. The molecule has 0 radical (unpaired) electrons. The fraction of sp³-hybridized carbons (Fsp3) is 0.167. The molecule has 2 rings (SSSR count). The maximum Gasteiger partial charge on any atom is 0.0345 e. The van der Waals surface area contributed by atoms with Gasteiger partial charge in [-0.2, -0.15) is 0 Å². The molecule has 0 N–H and O–H groups in total. The lowest BCUT2D eigenvalue weighted by Gasteiger charge is -1.94. The van der Waals surface area contributed by atoms with E-state index in [4.69, 9.17) is 0 Å². The lowest BCUT2D eigenvalue weighted by molar-refractivity contribution is 1.19. The monoisotopic (exact) mass is 188 g/mol. The molecule has 1 heteroatoms. The summed E-state index contributed by atoms with van der Waals surface area (Å²) in [5.41, 5.74) is 1.33. The Morgan fingerprint density at radius 2 is 1.77 bits per heavy atom. The standard InChI is InChI=1S/C12H12S/c1-2-11-8-9-12(13-11)10-6-4-3-5-7-10/h3-9H,2H2,1H3. The van der Waals surface area contributed by atoms with Crippen molar-refractivity contribution in [3.05, 3.63) is 47.3 Å². The molecule has 0 saturated carbocycles. The van der Waals surface area contributed by atoms with Crippen LogP contribution in [0.15, 0.2) is 42.5 Å². The smallest absolute Gasteiger partial charge is 0.0345 e. The highest BCUT2D eigenvalue weighted by Gasteiger charge is 1.99. The van der Waals surface area contributed by atoms with Crippen LogP contribution < -0.4 is 0 Å². The van der Waals surface area contributed by atoms with Crippen LogP contribution in [0, 0.1) is 0 Å². The minimum atomic E-state index is 1.14. The summed E-state index contributed by atoms with van der Waals surface area (Å²) in [6.07, 6.45) is 1.14. The highest BCUT2D eigenvalue weighted by atomic mass is 32.1. The van der Waals surface area contributed by atoms with E-state index < -0.39 is 0 Å². The number of aryl methyl sites for hydroxylation is 1. The van der Waals surface area contributed by atoms with E-state index in [1.807, 2.05) is 11.3 Å². The molecule has 0 amide bonds. The van der Waals surface area contributed by atoms with Crippen LogP contribution in [-0.2, 0) is 6.42 Å². The molecule has 0 aliphatic carbocycles. The molecule has 0 aliphatic rings. The second-order valence-electron chi connectivity index (χ2n) is 2.99. The molecule has 66 valence electrons. The Labute approximate surface area is 82.9 Å². The first-order valence-electron chi connectivity index (χ1n) is 4.54. The fourth-order valence-electron chi connectivity index (χ4n) is 1.33. The summed E-state index contributed by atoms with van der Waals surface area (Å²) in [5, 5.41) is 0. The quantitative estimate of drug-likeness (QED) is 0.668. The van der Waals surface area contributed by atoms with Gasteiger partial charge in [0.25, 0.3) is 0 Å². The Bertz CT molecular complexity index is 373. The third-order valence-corrected chi connectivity index (χ3v) is 3.35. The van der Waals surface area contributed by atoms with Crippen LogP contribution in [0.3, 0.4) is 0 Å². The van der Waals surface area contributed by atoms with Gasteiger partial charge in [0, 0.05) is 9.75 Å². The number of benzene rings is 1. The fourth-order valence-corrected chi connectivity index (χ4v) is 2.28. The summed E-state index contributed by atoms with van der Waals surface area (Å²) in [6.45, 7) is 2.20. The van der Waals surface area contributed by atoms with Gasteiger partial charge >= 0.3 is 0 Å². The average molecular weight is 188 g/mol. The van der Waals surface area contributed by atoms with Crippen molar-refractivity contribution in [2.75, 3.05) is 0 Å². The second kappa shape index (κ2) is 3.75. The van der Waals surface area contributed by atoms with Crippen molar-refractivity contribution < 1.29 is 0 Å². The minimum Gasteiger partial charge on any atom is -0.140 e. The van der Waals surface area contributed by atoms with Crippen molar-refractivity contribution >= 4 is 11.3 Å². The van der Waals surface area contributed by atoms with Crippen LogP contribution in [0.25, 0.3) is 10.4 Å². The molecule has 0 nitrogen and oxygen atoms in total. The molecule has 1 aromatic carbocycles. The first-order chi connectivity index (χ1) is 6.40. The molecule has 13 heavy (non-hydrogen) atoms. The maximum absolute atomic E-state index is 2.22. The van der Waals surface area contributed by atoms with E-state index in [9.17, 15) is 0 Å². The SMILES string of the molecule is CCc1ccc(-c2ccccc2)s1. The normalized spacial score (nSPS) is 10.2. The third-order valence-electron chi connectivity index (χ3n) is 2.07. The number of thiophene rings is 1. The van der Waals surface area contributed by atoms with E-state index in [0.717, 1.165) is 6.42 Å². The topological polar surface area (TPSA) is 0 Å². The molecule has 0 aliphatic heterocycles. The summed E-state index contributed by atoms with van der Waals surface area (Å²) < 4.78 is 0. The number of hydrogen-bond acceptors (Lipinski definition) is 1. The lowest BCUT2D eigenvalue weighted by atomic mass is 10.2. The van der Waals surface area contributed by atoms with Gasteiger partial charge in [0.05, 0.1) is 0 Å². The molecule has 0 fully saturated rings. The van der Waals surface area contributed by atoms with Crippen LogP contribution >= 0.6 is 11.3 Å². The van der Waals surface area contributed by atoms with Gasteiger partial charge < -0.3 is 0 Å². The lowest BCUT2D eigenvalue weighted by Crippen LogP contribution is -1.68. The average Bonchev–Trinajstić information content (AvgIpc) is 2.67. The zero-order valence-electron chi connectivity index (χ0n) is 7.66. The number of rotatable bonds is 2. The van der Waals surface area contributed by atoms with E-state index in [2.05, 4.69) is 49.4 Å². The molecule has 2 aromatic rings. The highest BCUT2D eigenvalue weighted by Crippen LogP contribution is 2.27. The Kier molecular flexibility index (Phi) is 2.46. The number of hydrogen-bond donors (Lipinski definition) is 0. The largest absolute Gasteiger partial charge is 0.140 e. The molecule has 0 atom stereocenters. The van der Waals surface area contributed by atoms with Gasteiger partial charge in [0.1, 0.15) is 0 Å². The van der Waals surface area contributed by atoms with E-state index in [0.29, 0.717) is 0 Å². The molecule has 0 saturated heterocycles. The summed E-state index contributed by atoms with van der Waals surface area (Å²) in [4.78, 5) is 2.83. The van der Waals surface area contributed by atoms with Crippen molar-refractivity contribution in [2.24, 2.45) is 0 Å². The van der Waals surface area contributed by atoms with Crippen LogP contribution in [0.4, 0.5) is 0 Å². The molecule has 1 aromatic heterocycles. The van der Waals surface area contributed by atoms with Crippen molar-refractivity contribution in [3.8, 4) is 10.4 Å². The molecule has 0 unspecified atom stereocenters. The van der Waals surface area contributed by atoms with E-state index in [-0.39, 0.29) is 0 Å². The van der Waals surface area contributed by atoms with Crippen molar-refractivity contribution in [2.45, 2.75) is 13.3 Å². The molecular weight excluding hydrogens is 176 g/mol. The predicted octanol–water partition coefficient (Wildman–Crippen LogP) is 3.98. The van der Waals surface area contributed by atoms with E-state index in [1.165, 1.54) is 15.3 Å².